The topological polar surface area (TPSA) is 20.2 Å². The fraction of sp³-hybridized carbons (Fsp3) is 1.00. The molecule has 0 aromatic rings. The van der Waals surface area contributed by atoms with E-state index in [9.17, 15) is 5.11 Å². The molecule has 0 amide bonds. The van der Waals surface area contributed by atoms with E-state index in [0.29, 0.717) is 0 Å². The second-order valence-corrected chi connectivity index (χ2v) is 5.44. The summed E-state index contributed by atoms with van der Waals surface area (Å²) < 4.78 is 1.14. The Kier molecular flexibility index (Phi) is 2.37. The van der Waals surface area contributed by atoms with Crippen molar-refractivity contribution in [1.29, 1.82) is 0 Å². The quantitative estimate of drug-likeness (QED) is 0.564. The molecule has 1 N–H and O–H groups in total. The molecule has 1 aliphatic carbocycles. The molecule has 0 spiro atoms. The summed E-state index contributed by atoms with van der Waals surface area (Å²) in [6, 6.07) is 0.734. The van der Waals surface area contributed by atoms with Crippen molar-refractivity contribution in [1.82, 2.24) is 0 Å². The summed E-state index contributed by atoms with van der Waals surface area (Å²) in [5.74, 6) is 0.896. The minimum atomic E-state index is -0.0169. The Labute approximate surface area is 81.1 Å². The van der Waals surface area contributed by atoms with Gasteiger partial charge in [-0.25, -0.2) is 0 Å². The number of hydrogen-bond acceptors (Lipinski definition) is 1. The van der Waals surface area contributed by atoms with E-state index < -0.39 is 0 Å². The van der Waals surface area contributed by atoms with Crippen molar-refractivity contribution in [3.63, 3.8) is 0 Å². The van der Waals surface area contributed by atoms with Crippen LogP contribution in [0.2, 0.25) is 0 Å². The van der Waals surface area contributed by atoms with Gasteiger partial charge in [-0.2, -0.15) is 0 Å². The number of quaternary nitrogens is 1. The van der Waals surface area contributed by atoms with Gasteiger partial charge in [0, 0.05) is 12.3 Å². The van der Waals surface area contributed by atoms with Crippen LogP contribution in [0.4, 0.5) is 0 Å². The lowest BCUT2D eigenvalue weighted by molar-refractivity contribution is -0.925. The second kappa shape index (κ2) is 3.25. The monoisotopic (exact) mass is 184 g/mol. The molecular weight excluding hydrogens is 162 g/mol. The van der Waals surface area contributed by atoms with Gasteiger partial charge in [0.1, 0.15) is 0 Å². The van der Waals surface area contributed by atoms with Gasteiger partial charge in [0.05, 0.1) is 32.8 Å². The van der Waals surface area contributed by atoms with Crippen molar-refractivity contribution >= 4 is 0 Å². The average Bonchev–Trinajstić information content (AvgIpc) is 2.06. The molecule has 0 bridgehead atoms. The number of nitrogens with zero attached hydrogens (tertiary/aromatic N) is 1. The van der Waals surface area contributed by atoms with Crippen molar-refractivity contribution < 1.29 is 9.59 Å². The van der Waals surface area contributed by atoms with Crippen molar-refractivity contribution in [2.75, 3.05) is 20.6 Å². The van der Waals surface area contributed by atoms with Gasteiger partial charge in [-0.05, 0) is 25.7 Å². The predicted octanol–water partition coefficient (Wildman–Crippen LogP) is 1.39. The number of fused-ring (bicyclic) bond motifs is 1. The lowest BCUT2D eigenvalue weighted by Gasteiger charge is -2.49. The molecule has 0 unspecified atom stereocenters. The first-order valence-electron chi connectivity index (χ1n) is 5.60. The number of aliphatic hydroxyl groups excluding tert-OH is 1. The van der Waals surface area contributed by atoms with E-state index in [1.807, 2.05) is 0 Å². The van der Waals surface area contributed by atoms with Gasteiger partial charge >= 0.3 is 0 Å². The molecule has 1 saturated heterocycles. The third-order valence-corrected chi connectivity index (χ3v) is 4.14. The zero-order valence-corrected chi connectivity index (χ0v) is 8.87. The van der Waals surface area contributed by atoms with Crippen LogP contribution in [0.25, 0.3) is 0 Å². The van der Waals surface area contributed by atoms with Crippen molar-refractivity contribution in [3.05, 3.63) is 0 Å². The zero-order valence-electron chi connectivity index (χ0n) is 8.87. The summed E-state index contributed by atoms with van der Waals surface area (Å²) >= 11 is 0. The lowest BCUT2D eigenvalue weighted by atomic mass is 9.76. The van der Waals surface area contributed by atoms with Crippen LogP contribution < -0.4 is 0 Å². The highest BCUT2D eigenvalue weighted by atomic mass is 16.3. The molecule has 2 rings (SSSR count). The maximum Gasteiger partial charge on any atom is 0.0939 e. The van der Waals surface area contributed by atoms with Gasteiger partial charge in [0.15, 0.2) is 0 Å². The maximum absolute atomic E-state index is 9.67. The van der Waals surface area contributed by atoms with Crippen LogP contribution in [0.1, 0.15) is 32.1 Å². The van der Waals surface area contributed by atoms with Crippen molar-refractivity contribution in [2.45, 2.75) is 44.2 Å². The summed E-state index contributed by atoms with van der Waals surface area (Å²) in [6.45, 7) is 1.30. The first-order chi connectivity index (χ1) is 6.09. The van der Waals surface area contributed by atoms with E-state index in [2.05, 4.69) is 14.1 Å². The summed E-state index contributed by atoms with van der Waals surface area (Å²) in [6.07, 6.45) is 6.10. The van der Waals surface area contributed by atoms with Gasteiger partial charge in [-0.15, -0.1) is 0 Å². The average molecular weight is 184 g/mol. The summed E-state index contributed by atoms with van der Waals surface area (Å²) in [4.78, 5) is 0. The minimum absolute atomic E-state index is 0.0169. The fourth-order valence-electron chi connectivity index (χ4n) is 3.31. The Morgan fingerprint density at radius 1 is 1.15 bits per heavy atom. The largest absolute Gasteiger partial charge is 0.393 e. The molecule has 0 aromatic carbocycles. The second-order valence-electron chi connectivity index (χ2n) is 5.44. The number of hydrogen-bond donors (Lipinski definition) is 1. The van der Waals surface area contributed by atoms with E-state index in [-0.39, 0.29) is 6.10 Å². The molecule has 2 fully saturated rings. The summed E-state index contributed by atoms with van der Waals surface area (Å²) in [5, 5.41) is 9.67. The zero-order chi connectivity index (χ0) is 9.47. The molecule has 76 valence electrons. The molecular formula is C11H22NO+. The van der Waals surface area contributed by atoms with Gasteiger partial charge < -0.3 is 9.59 Å². The molecule has 1 aliphatic heterocycles. The van der Waals surface area contributed by atoms with Crippen molar-refractivity contribution in [2.24, 2.45) is 5.92 Å². The number of aliphatic hydroxyl groups is 1. The molecule has 1 heterocycles. The van der Waals surface area contributed by atoms with E-state index in [1.54, 1.807) is 0 Å². The van der Waals surface area contributed by atoms with E-state index in [4.69, 9.17) is 0 Å². The van der Waals surface area contributed by atoms with Gasteiger partial charge in [-0.3, -0.25) is 0 Å². The normalized spacial score (nSPS) is 44.1. The Bertz CT molecular complexity index is 191. The van der Waals surface area contributed by atoms with Crippen LogP contribution in [0, 0.1) is 5.92 Å². The molecule has 1 saturated carbocycles. The fourth-order valence-corrected chi connectivity index (χ4v) is 3.31. The molecule has 13 heavy (non-hydrogen) atoms. The molecule has 3 atom stereocenters. The number of piperidine rings is 1. The first-order valence-corrected chi connectivity index (χ1v) is 5.60. The third kappa shape index (κ3) is 1.75. The van der Waals surface area contributed by atoms with E-state index >= 15 is 0 Å². The Morgan fingerprint density at radius 2 is 1.92 bits per heavy atom. The molecule has 2 heteroatoms. The Balaban J connectivity index is 2.10. The van der Waals surface area contributed by atoms with Crippen LogP contribution >= 0.6 is 0 Å². The van der Waals surface area contributed by atoms with Crippen molar-refractivity contribution in [3.8, 4) is 0 Å². The van der Waals surface area contributed by atoms with Gasteiger partial charge in [-0.1, -0.05) is 0 Å². The highest BCUT2D eigenvalue weighted by Crippen LogP contribution is 2.37. The highest BCUT2D eigenvalue weighted by molar-refractivity contribution is 4.83. The summed E-state index contributed by atoms with van der Waals surface area (Å²) in [5.41, 5.74) is 0. The maximum atomic E-state index is 9.67. The standard InChI is InChI=1S/C11H22NO/c1-12(2)7-3-4-9-5-6-10(13)8-11(9)12/h9-11,13H,3-8H2,1-2H3/q+1/t9-,10+,11+/m0/s1. The Hall–Kier alpha value is -0.0800. The first kappa shape index (κ1) is 9.47. The predicted molar refractivity (Wildman–Crippen MR) is 53.3 cm³/mol. The highest BCUT2D eigenvalue weighted by Gasteiger charge is 2.42. The summed E-state index contributed by atoms with van der Waals surface area (Å²) in [7, 11) is 4.66. The number of rotatable bonds is 0. The van der Waals surface area contributed by atoms with Crippen LogP contribution in [0.5, 0.6) is 0 Å². The molecule has 2 nitrogen and oxygen atoms in total. The van der Waals surface area contributed by atoms with Gasteiger partial charge in [0.2, 0.25) is 0 Å². The van der Waals surface area contributed by atoms with E-state index in [0.717, 1.165) is 29.3 Å². The lowest BCUT2D eigenvalue weighted by Crippen LogP contribution is -2.58. The third-order valence-electron chi connectivity index (χ3n) is 4.14. The van der Waals surface area contributed by atoms with Crippen LogP contribution in [0.15, 0.2) is 0 Å². The minimum Gasteiger partial charge on any atom is -0.393 e. The number of likely N-dealkylation sites (tertiary alicyclic amines) is 1. The molecule has 0 radical (unpaired) electrons. The van der Waals surface area contributed by atoms with Crippen LogP contribution in [-0.2, 0) is 0 Å². The molecule has 0 aromatic heterocycles. The smallest absolute Gasteiger partial charge is 0.0939 e. The molecule has 2 aliphatic rings. The van der Waals surface area contributed by atoms with Crippen LogP contribution in [0.3, 0.4) is 0 Å². The SMILES string of the molecule is C[N+]1(C)CCC[C@H]2CC[C@@H](O)C[C@H]21. The van der Waals surface area contributed by atoms with Gasteiger partial charge in [0.25, 0.3) is 0 Å². The van der Waals surface area contributed by atoms with E-state index in [1.165, 1.54) is 25.8 Å². The van der Waals surface area contributed by atoms with Crippen LogP contribution in [-0.4, -0.2) is 42.4 Å². The Morgan fingerprint density at radius 3 is 2.69 bits per heavy atom.